The van der Waals surface area contributed by atoms with Crippen LogP contribution < -0.4 is 11.1 Å². The van der Waals surface area contributed by atoms with Crippen molar-refractivity contribution in [1.82, 2.24) is 5.32 Å². The Hall–Kier alpha value is -0.380. The molecule has 0 aliphatic heterocycles. The van der Waals surface area contributed by atoms with Gasteiger partial charge in [-0.05, 0) is 37.4 Å². The minimum atomic E-state index is 0.836. The second kappa shape index (κ2) is 7.97. The Kier molecular flexibility index (Phi) is 6.66. The summed E-state index contributed by atoms with van der Waals surface area (Å²) in [5.41, 5.74) is 5.42. The van der Waals surface area contributed by atoms with Crippen LogP contribution in [0, 0.1) is 0 Å². The van der Waals surface area contributed by atoms with Crippen LogP contribution in [0.15, 0.2) is 17.5 Å². The lowest BCUT2D eigenvalue weighted by Gasteiger charge is -2.02. The number of nitrogens with two attached hydrogens (primary N) is 1. The summed E-state index contributed by atoms with van der Waals surface area (Å²) in [6, 6.07) is 4.27. The number of hydrogen-bond donors (Lipinski definition) is 2. The summed E-state index contributed by atoms with van der Waals surface area (Å²) >= 11 is 1.82. The largest absolute Gasteiger partial charge is 0.330 e. The van der Waals surface area contributed by atoms with Gasteiger partial charge >= 0.3 is 0 Å². The minimum Gasteiger partial charge on any atom is -0.330 e. The van der Waals surface area contributed by atoms with Crippen LogP contribution in [0.2, 0.25) is 0 Å². The fraction of sp³-hybridized carbons (Fsp3) is 0.636. The summed E-state index contributed by atoms with van der Waals surface area (Å²) in [5, 5.41) is 5.57. The van der Waals surface area contributed by atoms with Crippen molar-refractivity contribution < 1.29 is 0 Å². The van der Waals surface area contributed by atoms with Crippen LogP contribution in [0.1, 0.15) is 30.6 Å². The SMILES string of the molecule is NCCCCCCNCc1cccs1. The first-order valence-electron chi connectivity index (χ1n) is 5.36. The van der Waals surface area contributed by atoms with Gasteiger partial charge in [-0.25, -0.2) is 0 Å². The molecule has 0 bridgehead atoms. The van der Waals surface area contributed by atoms with Crippen LogP contribution in [0.3, 0.4) is 0 Å². The molecule has 0 aromatic carbocycles. The van der Waals surface area contributed by atoms with Crippen LogP contribution in [-0.4, -0.2) is 13.1 Å². The molecule has 0 unspecified atom stereocenters. The molecule has 1 aromatic heterocycles. The van der Waals surface area contributed by atoms with E-state index in [1.807, 2.05) is 11.3 Å². The zero-order chi connectivity index (χ0) is 10.1. The summed E-state index contributed by atoms with van der Waals surface area (Å²) in [7, 11) is 0. The lowest BCUT2D eigenvalue weighted by atomic mass is 10.2. The van der Waals surface area contributed by atoms with Crippen molar-refractivity contribution in [1.29, 1.82) is 0 Å². The maximum atomic E-state index is 5.42. The first kappa shape index (κ1) is 11.7. The van der Waals surface area contributed by atoms with Crippen molar-refractivity contribution in [2.24, 2.45) is 5.73 Å². The Morgan fingerprint density at radius 2 is 2.07 bits per heavy atom. The molecular weight excluding hydrogens is 192 g/mol. The standard InChI is InChI=1S/C11H20N2S/c12-7-3-1-2-4-8-13-10-11-6-5-9-14-11/h5-6,9,13H,1-4,7-8,10,12H2. The fourth-order valence-corrected chi connectivity index (χ4v) is 2.05. The molecule has 0 aliphatic rings. The number of rotatable bonds is 8. The molecule has 0 atom stereocenters. The summed E-state index contributed by atoms with van der Waals surface area (Å²) in [6.45, 7) is 2.99. The predicted molar refractivity (Wildman–Crippen MR) is 63.5 cm³/mol. The first-order chi connectivity index (χ1) is 6.93. The molecule has 0 saturated heterocycles. The molecule has 0 fully saturated rings. The van der Waals surface area contributed by atoms with Crippen molar-refractivity contribution in [2.45, 2.75) is 32.2 Å². The lowest BCUT2D eigenvalue weighted by molar-refractivity contribution is 0.592. The molecule has 0 saturated carbocycles. The van der Waals surface area contributed by atoms with Gasteiger partial charge in [0.25, 0.3) is 0 Å². The molecule has 1 rings (SSSR count). The topological polar surface area (TPSA) is 38.0 Å². The second-order valence-corrected chi connectivity index (χ2v) is 4.49. The Balaban J connectivity index is 1.85. The van der Waals surface area contributed by atoms with Gasteiger partial charge < -0.3 is 11.1 Å². The summed E-state index contributed by atoms with van der Waals surface area (Å²) in [5.74, 6) is 0. The molecule has 0 aliphatic carbocycles. The van der Waals surface area contributed by atoms with Crippen LogP contribution in [0.25, 0.3) is 0 Å². The van der Waals surface area contributed by atoms with Gasteiger partial charge in [-0.3, -0.25) is 0 Å². The fourth-order valence-electron chi connectivity index (χ4n) is 1.37. The van der Waals surface area contributed by atoms with Crippen LogP contribution in [0.4, 0.5) is 0 Å². The van der Waals surface area contributed by atoms with Crippen LogP contribution in [-0.2, 0) is 6.54 Å². The molecule has 3 N–H and O–H groups in total. The van der Waals surface area contributed by atoms with Gasteiger partial charge in [-0.15, -0.1) is 11.3 Å². The molecule has 14 heavy (non-hydrogen) atoms. The van der Waals surface area contributed by atoms with Gasteiger partial charge in [0.2, 0.25) is 0 Å². The maximum absolute atomic E-state index is 5.42. The second-order valence-electron chi connectivity index (χ2n) is 3.46. The van der Waals surface area contributed by atoms with Crippen LogP contribution in [0.5, 0.6) is 0 Å². The average molecular weight is 212 g/mol. The van der Waals surface area contributed by atoms with Gasteiger partial charge in [0, 0.05) is 11.4 Å². The zero-order valence-electron chi connectivity index (χ0n) is 8.67. The van der Waals surface area contributed by atoms with E-state index in [-0.39, 0.29) is 0 Å². The van der Waals surface area contributed by atoms with Gasteiger partial charge in [-0.2, -0.15) is 0 Å². The molecule has 0 amide bonds. The quantitative estimate of drug-likeness (QED) is 0.649. The van der Waals surface area contributed by atoms with Gasteiger partial charge in [0.15, 0.2) is 0 Å². The summed E-state index contributed by atoms with van der Waals surface area (Å²) in [4.78, 5) is 1.42. The highest BCUT2D eigenvalue weighted by atomic mass is 32.1. The van der Waals surface area contributed by atoms with Crippen molar-refractivity contribution in [2.75, 3.05) is 13.1 Å². The molecule has 1 aromatic rings. The van der Waals surface area contributed by atoms with Gasteiger partial charge in [0.1, 0.15) is 0 Å². The first-order valence-corrected chi connectivity index (χ1v) is 6.24. The van der Waals surface area contributed by atoms with E-state index >= 15 is 0 Å². The third-order valence-electron chi connectivity index (χ3n) is 2.19. The normalized spacial score (nSPS) is 10.6. The predicted octanol–water partition coefficient (Wildman–Crippen LogP) is 2.36. The monoisotopic (exact) mass is 212 g/mol. The number of nitrogens with one attached hydrogen (secondary N) is 1. The minimum absolute atomic E-state index is 0.836. The van der Waals surface area contributed by atoms with E-state index < -0.39 is 0 Å². The van der Waals surface area contributed by atoms with Gasteiger partial charge in [-0.1, -0.05) is 18.9 Å². The van der Waals surface area contributed by atoms with E-state index in [1.54, 1.807) is 0 Å². The van der Waals surface area contributed by atoms with E-state index in [0.29, 0.717) is 0 Å². The lowest BCUT2D eigenvalue weighted by Crippen LogP contribution is -2.13. The molecule has 0 radical (unpaired) electrons. The smallest absolute Gasteiger partial charge is 0.0299 e. The summed E-state index contributed by atoms with van der Waals surface area (Å²) < 4.78 is 0. The molecule has 0 spiro atoms. The maximum Gasteiger partial charge on any atom is 0.0299 e. The van der Waals surface area contributed by atoms with E-state index in [1.165, 1.54) is 30.6 Å². The number of thiophene rings is 1. The Bertz CT molecular complexity index is 209. The van der Waals surface area contributed by atoms with Crippen molar-refractivity contribution in [3.63, 3.8) is 0 Å². The highest BCUT2D eigenvalue weighted by Gasteiger charge is 1.92. The van der Waals surface area contributed by atoms with E-state index in [2.05, 4.69) is 22.8 Å². The molecule has 80 valence electrons. The molecular formula is C11H20N2S. The van der Waals surface area contributed by atoms with E-state index in [4.69, 9.17) is 5.73 Å². The van der Waals surface area contributed by atoms with Gasteiger partial charge in [0.05, 0.1) is 0 Å². The van der Waals surface area contributed by atoms with Crippen molar-refractivity contribution in [3.8, 4) is 0 Å². The molecule has 1 heterocycles. The highest BCUT2D eigenvalue weighted by Crippen LogP contribution is 2.07. The zero-order valence-corrected chi connectivity index (χ0v) is 9.48. The van der Waals surface area contributed by atoms with Crippen molar-refractivity contribution >= 4 is 11.3 Å². The van der Waals surface area contributed by atoms with E-state index in [0.717, 1.165) is 19.6 Å². The Labute approximate surface area is 90.5 Å². The molecule has 2 nitrogen and oxygen atoms in total. The number of hydrogen-bond acceptors (Lipinski definition) is 3. The number of unbranched alkanes of at least 4 members (excludes halogenated alkanes) is 3. The Morgan fingerprint density at radius 3 is 2.79 bits per heavy atom. The summed E-state index contributed by atoms with van der Waals surface area (Å²) in [6.07, 6.45) is 5.02. The molecule has 3 heteroatoms. The average Bonchev–Trinajstić information content (AvgIpc) is 2.69. The van der Waals surface area contributed by atoms with Crippen LogP contribution >= 0.6 is 11.3 Å². The van der Waals surface area contributed by atoms with Crippen molar-refractivity contribution in [3.05, 3.63) is 22.4 Å². The van der Waals surface area contributed by atoms with E-state index in [9.17, 15) is 0 Å². The highest BCUT2D eigenvalue weighted by molar-refractivity contribution is 7.09. The Morgan fingerprint density at radius 1 is 1.21 bits per heavy atom. The third-order valence-corrected chi connectivity index (χ3v) is 3.06. The third kappa shape index (κ3) is 5.37.